The van der Waals surface area contributed by atoms with Gasteiger partial charge in [0, 0.05) is 24.2 Å². The number of rotatable bonds is 3. The lowest BCUT2D eigenvalue weighted by atomic mass is 10.0. The second kappa shape index (κ2) is 4.92. The monoisotopic (exact) mass is 272 g/mol. The van der Waals surface area contributed by atoms with Crippen molar-refractivity contribution in [1.29, 1.82) is 0 Å². The van der Waals surface area contributed by atoms with Crippen molar-refractivity contribution in [2.45, 2.75) is 6.42 Å². The topological polar surface area (TPSA) is 53.4 Å². The lowest BCUT2D eigenvalue weighted by Gasteiger charge is -2.33. The first-order chi connectivity index (χ1) is 9.66. The van der Waals surface area contributed by atoms with E-state index in [1.165, 1.54) is 12.1 Å². The first-order valence-electron chi connectivity index (χ1n) is 6.41. The quantitative estimate of drug-likeness (QED) is 0.933. The number of aromatic carboxylic acids is 1. The van der Waals surface area contributed by atoms with Gasteiger partial charge in [-0.05, 0) is 24.6 Å². The molecule has 0 bridgehead atoms. The minimum Gasteiger partial charge on any atom is -0.477 e. The van der Waals surface area contributed by atoms with E-state index >= 15 is 0 Å². The molecule has 0 amide bonds. The van der Waals surface area contributed by atoms with Crippen LogP contribution in [0.1, 0.15) is 16.9 Å². The Morgan fingerprint density at radius 1 is 1.15 bits per heavy atom. The van der Waals surface area contributed by atoms with E-state index in [0.717, 1.165) is 19.5 Å². The Morgan fingerprint density at radius 3 is 2.50 bits per heavy atom. The van der Waals surface area contributed by atoms with Crippen molar-refractivity contribution in [2.24, 2.45) is 0 Å². The van der Waals surface area contributed by atoms with E-state index < -0.39 is 5.97 Å². The van der Waals surface area contributed by atoms with Crippen molar-refractivity contribution in [3.8, 4) is 11.1 Å². The summed E-state index contributed by atoms with van der Waals surface area (Å²) in [5, 5.41) is 9.04. The summed E-state index contributed by atoms with van der Waals surface area (Å²) in [6.45, 7) is 1.63. The zero-order valence-electron chi connectivity index (χ0n) is 10.7. The lowest BCUT2D eigenvalue weighted by Crippen LogP contribution is -2.38. The molecule has 0 unspecified atom stereocenters. The molecular weight excluding hydrogens is 259 g/mol. The molecule has 5 heteroatoms. The van der Waals surface area contributed by atoms with Crippen LogP contribution in [0.2, 0.25) is 0 Å². The fourth-order valence-corrected chi connectivity index (χ4v) is 2.23. The highest BCUT2D eigenvalue weighted by Gasteiger charge is 2.22. The fraction of sp³-hybridized carbons (Fsp3) is 0.200. The average Bonchev–Trinajstić information content (AvgIpc) is 2.37. The number of aromatic nitrogens is 1. The third-order valence-electron chi connectivity index (χ3n) is 3.41. The van der Waals surface area contributed by atoms with Crippen molar-refractivity contribution in [3.05, 3.63) is 47.9 Å². The minimum atomic E-state index is -1.08. The van der Waals surface area contributed by atoms with Crippen LogP contribution in [0.4, 0.5) is 10.2 Å². The number of carbonyl (C=O) groups is 1. The molecule has 3 rings (SSSR count). The normalized spacial score (nSPS) is 13.9. The summed E-state index contributed by atoms with van der Waals surface area (Å²) in [7, 11) is 0. The van der Waals surface area contributed by atoms with Crippen LogP contribution in [0.15, 0.2) is 36.4 Å². The van der Waals surface area contributed by atoms with Crippen LogP contribution in [0.3, 0.4) is 0 Å². The van der Waals surface area contributed by atoms with Crippen LogP contribution < -0.4 is 4.90 Å². The molecule has 2 heterocycles. The smallest absolute Gasteiger partial charge is 0.354 e. The molecule has 1 aromatic heterocycles. The van der Waals surface area contributed by atoms with Crippen molar-refractivity contribution in [1.82, 2.24) is 4.98 Å². The van der Waals surface area contributed by atoms with Gasteiger partial charge in [0.2, 0.25) is 0 Å². The van der Waals surface area contributed by atoms with Crippen molar-refractivity contribution in [3.63, 3.8) is 0 Å². The van der Waals surface area contributed by atoms with Crippen LogP contribution in [0, 0.1) is 5.82 Å². The third kappa shape index (κ3) is 2.11. The van der Waals surface area contributed by atoms with Gasteiger partial charge in [-0.2, -0.15) is 0 Å². The number of hydrogen-bond donors (Lipinski definition) is 1. The molecule has 0 radical (unpaired) electrons. The third-order valence-corrected chi connectivity index (χ3v) is 3.41. The van der Waals surface area contributed by atoms with E-state index in [1.54, 1.807) is 24.3 Å². The van der Waals surface area contributed by atoms with Crippen LogP contribution >= 0.6 is 0 Å². The largest absolute Gasteiger partial charge is 0.477 e. The van der Waals surface area contributed by atoms with Gasteiger partial charge in [-0.15, -0.1) is 0 Å². The molecule has 0 spiro atoms. The molecule has 1 fully saturated rings. The predicted molar refractivity (Wildman–Crippen MR) is 73.4 cm³/mol. The first-order valence-corrected chi connectivity index (χ1v) is 6.41. The van der Waals surface area contributed by atoms with Gasteiger partial charge in [0.15, 0.2) is 5.69 Å². The second-order valence-corrected chi connectivity index (χ2v) is 4.69. The molecule has 1 aliphatic rings. The molecule has 102 valence electrons. The molecule has 1 N–H and O–H groups in total. The number of carboxylic acid groups (broad SMARTS) is 1. The number of anilines is 1. The summed E-state index contributed by atoms with van der Waals surface area (Å²) >= 11 is 0. The van der Waals surface area contributed by atoms with Crippen LogP contribution in [-0.2, 0) is 0 Å². The van der Waals surface area contributed by atoms with Gasteiger partial charge in [-0.3, -0.25) is 0 Å². The van der Waals surface area contributed by atoms with E-state index in [2.05, 4.69) is 4.98 Å². The highest BCUT2D eigenvalue weighted by molar-refractivity contribution is 5.88. The Morgan fingerprint density at radius 2 is 1.90 bits per heavy atom. The molecule has 0 saturated carbocycles. The number of benzene rings is 1. The van der Waals surface area contributed by atoms with Crippen molar-refractivity contribution in [2.75, 3.05) is 18.0 Å². The van der Waals surface area contributed by atoms with Gasteiger partial charge < -0.3 is 10.0 Å². The highest BCUT2D eigenvalue weighted by atomic mass is 19.1. The van der Waals surface area contributed by atoms with Crippen molar-refractivity contribution >= 4 is 11.8 Å². The Balaban J connectivity index is 2.14. The highest BCUT2D eigenvalue weighted by Crippen LogP contribution is 2.33. The SMILES string of the molecule is O=C(O)c1ccc(-c2ccccc2F)c(N2CCC2)n1. The Bertz CT molecular complexity index is 669. The van der Waals surface area contributed by atoms with Crippen LogP contribution in [0.25, 0.3) is 11.1 Å². The van der Waals surface area contributed by atoms with Gasteiger partial charge in [0.05, 0.1) is 0 Å². The van der Waals surface area contributed by atoms with Gasteiger partial charge >= 0.3 is 5.97 Å². The van der Waals surface area contributed by atoms with E-state index in [0.29, 0.717) is 16.9 Å². The maximum absolute atomic E-state index is 13.9. The molecule has 20 heavy (non-hydrogen) atoms. The van der Waals surface area contributed by atoms with Gasteiger partial charge in [-0.1, -0.05) is 18.2 Å². The van der Waals surface area contributed by atoms with E-state index in [9.17, 15) is 9.18 Å². The second-order valence-electron chi connectivity index (χ2n) is 4.69. The Labute approximate surface area is 115 Å². The van der Waals surface area contributed by atoms with Gasteiger partial charge in [0.25, 0.3) is 0 Å². The van der Waals surface area contributed by atoms with Crippen molar-refractivity contribution < 1.29 is 14.3 Å². The fourth-order valence-electron chi connectivity index (χ4n) is 2.23. The summed E-state index contributed by atoms with van der Waals surface area (Å²) in [6.07, 6.45) is 1.04. The number of pyridine rings is 1. The molecule has 1 saturated heterocycles. The van der Waals surface area contributed by atoms with Crippen LogP contribution in [-0.4, -0.2) is 29.1 Å². The molecule has 1 aromatic carbocycles. The van der Waals surface area contributed by atoms with E-state index in [-0.39, 0.29) is 11.5 Å². The first kappa shape index (κ1) is 12.6. The number of nitrogens with zero attached hydrogens (tertiary/aromatic N) is 2. The average molecular weight is 272 g/mol. The summed E-state index contributed by atoms with van der Waals surface area (Å²) in [5.41, 5.74) is 1.05. The summed E-state index contributed by atoms with van der Waals surface area (Å²) in [5.74, 6) is -0.868. The molecular formula is C15H13FN2O2. The molecule has 2 aromatic rings. The number of halogens is 1. The standard InChI is InChI=1S/C15H13FN2O2/c16-12-5-2-1-4-10(12)11-6-7-13(15(19)20)17-14(11)18-8-3-9-18/h1-2,4-7H,3,8-9H2,(H,19,20). The zero-order valence-corrected chi connectivity index (χ0v) is 10.7. The van der Waals surface area contributed by atoms with E-state index in [1.807, 2.05) is 4.90 Å². The van der Waals surface area contributed by atoms with Gasteiger partial charge in [0.1, 0.15) is 11.6 Å². The number of carboxylic acids is 1. The number of hydrogen-bond acceptors (Lipinski definition) is 3. The maximum atomic E-state index is 13.9. The Hall–Kier alpha value is -2.43. The lowest BCUT2D eigenvalue weighted by molar-refractivity contribution is 0.0690. The molecule has 0 aliphatic carbocycles. The maximum Gasteiger partial charge on any atom is 0.354 e. The van der Waals surface area contributed by atoms with Gasteiger partial charge in [-0.25, -0.2) is 14.2 Å². The summed E-state index contributed by atoms with van der Waals surface area (Å²) in [4.78, 5) is 17.2. The predicted octanol–water partition coefficient (Wildman–Crippen LogP) is 2.80. The van der Waals surface area contributed by atoms with E-state index in [4.69, 9.17) is 5.11 Å². The molecule has 1 aliphatic heterocycles. The zero-order chi connectivity index (χ0) is 14.1. The summed E-state index contributed by atoms with van der Waals surface area (Å²) in [6, 6.07) is 9.48. The summed E-state index contributed by atoms with van der Waals surface area (Å²) < 4.78 is 13.9. The minimum absolute atomic E-state index is 0.0213. The van der Waals surface area contributed by atoms with Crippen LogP contribution in [0.5, 0.6) is 0 Å². The molecule has 4 nitrogen and oxygen atoms in total. The Kier molecular flexibility index (Phi) is 3.10. The molecule has 0 atom stereocenters.